The topological polar surface area (TPSA) is 46.2 Å². The van der Waals surface area contributed by atoms with E-state index in [-0.39, 0.29) is 24.8 Å². The lowest BCUT2D eigenvalue weighted by Gasteiger charge is -2.44. The van der Waals surface area contributed by atoms with Gasteiger partial charge in [-0.1, -0.05) is 37.3 Å². The molecule has 0 aromatic heterocycles. The maximum Gasteiger partial charge on any atom is 0.200 e. The van der Waals surface area contributed by atoms with E-state index in [1.807, 2.05) is 54.6 Å². The Kier molecular flexibility index (Phi) is 5.11. The van der Waals surface area contributed by atoms with E-state index in [1.165, 1.54) is 0 Å². The minimum atomic E-state index is -0.331. The number of hydrogen-bond donors (Lipinski definition) is 0. The largest absolute Gasteiger partial charge is 0.497 e. The van der Waals surface area contributed by atoms with Crippen LogP contribution in [0.3, 0.4) is 0 Å². The molecule has 2 aliphatic rings. The molecular weight excluding hydrogens is 332 g/mol. The number of benzene rings is 2. The van der Waals surface area contributed by atoms with Crippen LogP contribution in [0.2, 0.25) is 0 Å². The highest BCUT2D eigenvalue weighted by molar-refractivity contribution is 5.31. The lowest BCUT2D eigenvalue weighted by atomic mass is 9.92. The summed E-state index contributed by atoms with van der Waals surface area (Å²) in [6, 6.07) is 17.5. The number of ether oxygens (including phenoxy) is 5. The summed E-state index contributed by atoms with van der Waals surface area (Å²) in [5.74, 6) is 1.88. The molecule has 2 heterocycles. The van der Waals surface area contributed by atoms with Gasteiger partial charge in [-0.3, -0.25) is 0 Å². The van der Waals surface area contributed by atoms with Crippen LogP contribution >= 0.6 is 0 Å². The minimum absolute atomic E-state index is 0.00433. The van der Waals surface area contributed by atoms with Crippen molar-refractivity contribution in [1.29, 1.82) is 0 Å². The van der Waals surface area contributed by atoms with Gasteiger partial charge in [0.1, 0.15) is 17.6 Å². The second-order valence-corrected chi connectivity index (χ2v) is 6.79. The predicted octanol–water partition coefficient (Wildman–Crippen LogP) is 3.94. The molecule has 0 amide bonds. The van der Waals surface area contributed by atoms with Crippen LogP contribution in [0.1, 0.15) is 25.2 Å². The van der Waals surface area contributed by atoms with Gasteiger partial charge in [0.15, 0.2) is 6.29 Å². The van der Waals surface area contributed by atoms with Gasteiger partial charge in [-0.05, 0) is 30.2 Å². The lowest BCUT2D eigenvalue weighted by molar-refractivity contribution is -0.318. The van der Waals surface area contributed by atoms with Gasteiger partial charge in [0.25, 0.3) is 0 Å². The second-order valence-electron chi connectivity index (χ2n) is 6.79. The van der Waals surface area contributed by atoms with Crippen LogP contribution in [0.15, 0.2) is 54.6 Å². The van der Waals surface area contributed by atoms with Crippen molar-refractivity contribution in [2.24, 2.45) is 5.92 Å². The van der Waals surface area contributed by atoms with Crippen LogP contribution in [0.25, 0.3) is 0 Å². The Bertz CT molecular complexity index is 702. The highest BCUT2D eigenvalue weighted by atomic mass is 16.7. The van der Waals surface area contributed by atoms with E-state index in [0.717, 1.165) is 23.5 Å². The highest BCUT2D eigenvalue weighted by Gasteiger charge is 2.43. The van der Waals surface area contributed by atoms with Gasteiger partial charge in [0.05, 0.1) is 19.8 Å². The van der Waals surface area contributed by atoms with Crippen molar-refractivity contribution in [1.82, 2.24) is 0 Å². The van der Waals surface area contributed by atoms with Gasteiger partial charge in [0.2, 0.25) is 6.29 Å². The summed E-state index contributed by atoms with van der Waals surface area (Å²) in [5, 5.41) is 0. The Hall–Kier alpha value is -2.08. The minimum Gasteiger partial charge on any atom is -0.497 e. The molecule has 4 rings (SSSR count). The Balaban J connectivity index is 1.38. The fourth-order valence-corrected chi connectivity index (χ4v) is 3.52. The van der Waals surface area contributed by atoms with E-state index in [0.29, 0.717) is 12.5 Å². The lowest BCUT2D eigenvalue weighted by Crippen LogP contribution is -2.52. The monoisotopic (exact) mass is 356 g/mol. The van der Waals surface area contributed by atoms with E-state index in [2.05, 4.69) is 6.92 Å². The second kappa shape index (κ2) is 7.66. The van der Waals surface area contributed by atoms with E-state index in [4.69, 9.17) is 23.7 Å². The van der Waals surface area contributed by atoms with Gasteiger partial charge < -0.3 is 23.7 Å². The first-order valence-corrected chi connectivity index (χ1v) is 9.01. The first-order valence-electron chi connectivity index (χ1n) is 9.01. The average Bonchev–Trinajstić information content (AvgIpc) is 2.69. The third kappa shape index (κ3) is 3.70. The molecule has 2 aliphatic heterocycles. The van der Waals surface area contributed by atoms with Crippen LogP contribution in [0.4, 0.5) is 0 Å². The van der Waals surface area contributed by atoms with Crippen LogP contribution < -0.4 is 9.47 Å². The first-order chi connectivity index (χ1) is 12.7. The van der Waals surface area contributed by atoms with Crippen LogP contribution in [0, 0.1) is 5.92 Å². The van der Waals surface area contributed by atoms with Crippen LogP contribution in [0.5, 0.6) is 11.5 Å². The molecule has 0 radical (unpaired) electrons. The number of fused-ring (bicyclic) bond motifs is 1. The van der Waals surface area contributed by atoms with Crippen molar-refractivity contribution in [2.75, 3.05) is 13.7 Å². The standard InChI is InChI=1S/C21H24O5/c1-14-12-19(24-17-10-8-16(22-2)9-11-17)25-18-13-23-21(26-20(14)18)15-6-4-3-5-7-15/h3-11,14,18-21H,12-13H2,1-2H3/t14-,18?,19+,20+,21?/m1/s1. The smallest absolute Gasteiger partial charge is 0.200 e. The van der Waals surface area contributed by atoms with Gasteiger partial charge >= 0.3 is 0 Å². The average molecular weight is 356 g/mol. The maximum atomic E-state index is 6.20. The summed E-state index contributed by atoms with van der Waals surface area (Å²) >= 11 is 0. The third-order valence-electron chi connectivity index (χ3n) is 4.91. The third-order valence-corrected chi connectivity index (χ3v) is 4.91. The molecule has 138 valence electrons. The fraction of sp³-hybridized carbons (Fsp3) is 0.429. The number of rotatable bonds is 4. The normalized spacial score (nSPS) is 31.1. The van der Waals surface area contributed by atoms with Crippen molar-refractivity contribution in [3.8, 4) is 11.5 Å². The first kappa shape index (κ1) is 17.3. The van der Waals surface area contributed by atoms with E-state index >= 15 is 0 Å². The zero-order valence-corrected chi connectivity index (χ0v) is 15.0. The fourth-order valence-electron chi connectivity index (χ4n) is 3.52. The van der Waals surface area contributed by atoms with E-state index in [1.54, 1.807) is 7.11 Å². The molecule has 26 heavy (non-hydrogen) atoms. The summed E-state index contributed by atoms with van der Waals surface area (Å²) in [7, 11) is 1.65. The zero-order valence-electron chi connectivity index (χ0n) is 15.0. The molecule has 0 saturated carbocycles. The van der Waals surface area contributed by atoms with Gasteiger partial charge in [-0.2, -0.15) is 0 Å². The zero-order chi connectivity index (χ0) is 17.9. The summed E-state index contributed by atoms with van der Waals surface area (Å²) in [6.45, 7) is 2.68. The SMILES string of the molecule is COc1ccc(O[C@@H]2C[C@@H](C)[C@@H]3OC(c4ccccc4)OCC3O2)cc1. The molecule has 0 aliphatic carbocycles. The van der Waals surface area contributed by atoms with Crippen molar-refractivity contribution < 1.29 is 23.7 Å². The quantitative estimate of drug-likeness (QED) is 0.830. The molecule has 2 saturated heterocycles. The molecule has 5 nitrogen and oxygen atoms in total. The molecule has 5 heteroatoms. The van der Waals surface area contributed by atoms with E-state index in [9.17, 15) is 0 Å². The molecule has 0 spiro atoms. The Labute approximate surface area is 153 Å². The summed E-state index contributed by atoms with van der Waals surface area (Å²) in [4.78, 5) is 0. The van der Waals surface area contributed by atoms with Gasteiger partial charge in [-0.25, -0.2) is 0 Å². The molecule has 2 aromatic rings. The van der Waals surface area contributed by atoms with Crippen LogP contribution in [-0.2, 0) is 14.2 Å². The van der Waals surface area contributed by atoms with E-state index < -0.39 is 0 Å². The van der Waals surface area contributed by atoms with Crippen molar-refractivity contribution in [3.63, 3.8) is 0 Å². The Morgan fingerprint density at radius 2 is 1.65 bits per heavy atom. The van der Waals surface area contributed by atoms with Crippen molar-refractivity contribution >= 4 is 0 Å². The Morgan fingerprint density at radius 1 is 0.923 bits per heavy atom. The molecule has 2 unspecified atom stereocenters. The van der Waals surface area contributed by atoms with Crippen molar-refractivity contribution in [3.05, 3.63) is 60.2 Å². The predicted molar refractivity (Wildman–Crippen MR) is 96.1 cm³/mol. The molecule has 2 aromatic carbocycles. The van der Waals surface area contributed by atoms with Crippen molar-refractivity contribution in [2.45, 2.75) is 38.1 Å². The number of hydrogen-bond acceptors (Lipinski definition) is 5. The molecular formula is C21H24O5. The summed E-state index contributed by atoms with van der Waals surface area (Å²) in [6.07, 6.45) is 0.0173. The molecule has 5 atom stereocenters. The molecule has 0 N–H and O–H groups in total. The number of methoxy groups -OCH3 is 1. The maximum absolute atomic E-state index is 6.20. The highest BCUT2D eigenvalue weighted by Crippen LogP contribution is 2.37. The summed E-state index contributed by atoms with van der Waals surface area (Å²) < 4.78 is 29.4. The van der Waals surface area contributed by atoms with Crippen LogP contribution in [-0.4, -0.2) is 32.2 Å². The molecule has 2 fully saturated rings. The summed E-state index contributed by atoms with van der Waals surface area (Å²) in [5.41, 5.74) is 1.04. The molecule has 0 bridgehead atoms. The van der Waals surface area contributed by atoms with Gasteiger partial charge in [-0.15, -0.1) is 0 Å². The Morgan fingerprint density at radius 3 is 2.38 bits per heavy atom. The van der Waals surface area contributed by atoms with Gasteiger partial charge in [0, 0.05) is 12.0 Å².